The van der Waals surface area contributed by atoms with Gasteiger partial charge in [-0.3, -0.25) is 4.79 Å². The van der Waals surface area contributed by atoms with Crippen LogP contribution in [0.25, 0.3) is 0 Å². The molecule has 6 heteroatoms. The third-order valence-corrected chi connectivity index (χ3v) is 6.10. The van der Waals surface area contributed by atoms with Gasteiger partial charge in [0.15, 0.2) is 6.10 Å². The zero-order chi connectivity index (χ0) is 24.5. The summed E-state index contributed by atoms with van der Waals surface area (Å²) in [4.78, 5) is 27.3. The Kier molecular flexibility index (Phi) is 9.42. The molecule has 0 spiro atoms. The number of rotatable bonds is 11. The third-order valence-electron chi connectivity index (χ3n) is 6.10. The van der Waals surface area contributed by atoms with Crippen LogP contribution >= 0.6 is 0 Å². The molecule has 2 aromatic rings. The zero-order valence-corrected chi connectivity index (χ0v) is 20.2. The quantitative estimate of drug-likeness (QED) is 0.478. The number of hydrogen-bond donors (Lipinski definition) is 1. The van der Waals surface area contributed by atoms with Crippen molar-refractivity contribution in [1.82, 2.24) is 4.90 Å². The van der Waals surface area contributed by atoms with Crippen molar-refractivity contribution in [3.63, 3.8) is 0 Å². The lowest BCUT2D eigenvalue weighted by atomic mass is 9.93. The van der Waals surface area contributed by atoms with Gasteiger partial charge >= 0.3 is 6.09 Å². The number of aliphatic hydroxyl groups excluding tert-OH is 1. The maximum atomic E-state index is 13.6. The summed E-state index contributed by atoms with van der Waals surface area (Å²) in [7, 11) is 0. The van der Waals surface area contributed by atoms with Crippen LogP contribution in [-0.4, -0.2) is 46.9 Å². The largest absolute Gasteiger partial charge is 0.447 e. The Morgan fingerprint density at radius 2 is 1.74 bits per heavy atom. The van der Waals surface area contributed by atoms with E-state index in [0.717, 1.165) is 22.4 Å². The molecule has 0 bridgehead atoms. The van der Waals surface area contributed by atoms with E-state index >= 15 is 0 Å². The Labute approximate surface area is 202 Å². The highest BCUT2D eigenvalue weighted by atomic mass is 16.6. The summed E-state index contributed by atoms with van der Waals surface area (Å²) >= 11 is 0. The van der Waals surface area contributed by atoms with E-state index in [1.54, 1.807) is 0 Å². The molecule has 0 aliphatic carbocycles. The van der Waals surface area contributed by atoms with Gasteiger partial charge in [-0.1, -0.05) is 79.2 Å². The number of ether oxygens (including phenoxy) is 2. The number of allylic oxidation sites excluding steroid dienone is 2. The number of carbonyl (C=O) groups excluding carboxylic acids is 2. The first-order valence-electron chi connectivity index (χ1n) is 11.9. The van der Waals surface area contributed by atoms with Gasteiger partial charge < -0.3 is 14.6 Å². The average Bonchev–Trinajstić information content (AvgIpc) is 3.19. The van der Waals surface area contributed by atoms with Crippen molar-refractivity contribution >= 4 is 12.0 Å². The van der Waals surface area contributed by atoms with E-state index < -0.39 is 30.3 Å². The third kappa shape index (κ3) is 7.02. The van der Waals surface area contributed by atoms with Crippen LogP contribution in [0.15, 0.2) is 72.3 Å². The molecule has 6 nitrogen and oxygen atoms in total. The second-order valence-electron chi connectivity index (χ2n) is 9.17. The van der Waals surface area contributed by atoms with Crippen LogP contribution < -0.4 is 0 Å². The van der Waals surface area contributed by atoms with Gasteiger partial charge in [0.1, 0.15) is 6.61 Å². The molecule has 34 heavy (non-hydrogen) atoms. The van der Waals surface area contributed by atoms with Crippen molar-refractivity contribution in [2.24, 2.45) is 5.92 Å². The van der Waals surface area contributed by atoms with Crippen LogP contribution in [0, 0.1) is 5.92 Å². The van der Waals surface area contributed by atoms with Crippen LogP contribution in [0.1, 0.15) is 44.7 Å². The molecule has 4 atom stereocenters. The summed E-state index contributed by atoms with van der Waals surface area (Å²) in [5.74, 6) is -0.757. The van der Waals surface area contributed by atoms with Crippen LogP contribution in [0.5, 0.6) is 0 Å². The number of carbonyl (C=O) groups is 2. The molecule has 1 saturated heterocycles. The molecule has 0 radical (unpaired) electrons. The van der Waals surface area contributed by atoms with Gasteiger partial charge in [-0.15, -0.1) is 0 Å². The van der Waals surface area contributed by atoms with Crippen molar-refractivity contribution in [3.05, 3.63) is 83.4 Å². The van der Waals surface area contributed by atoms with Gasteiger partial charge in [-0.2, -0.15) is 0 Å². The second kappa shape index (κ2) is 12.5. The predicted octanol–water partition coefficient (Wildman–Crippen LogP) is 4.91. The first-order valence-corrected chi connectivity index (χ1v) is 11.9. The van der Waals surface area contributed by atoms with E-state index in [1.165, 1.54) is 5.57 Å². The fourth-order valence-electron chi connectivity index (χ4n) is 4.08. The average molecular weight is 466 g/mol. The highest BCUT2D eigenvalue weighted by Crippen LogP contribution is 2.24. The van der Waals surface area contributed by atoms with Crippen LogP contribution in [-0.2, 0) is 27.3 Å². The summed E-state index contributed by atoms with van der Waals surface area (Å²) in [6, 6.07) is 18.7. The summed E-state index contributed by atoms with van der Waals surface area (Å²) in [5, 5.41) is 11.2. The molecule has 1 heterocycles. The number of benzene rings is 2. The van der Waals surface area contributed by atoms with Gasteiger partial charge in [-0.25, -0.2) is 9.69 Å². The SMILES string of the molecule is CC(C)=CCC[C@@H](C)[C@@H](O)[C@H](OCc1ccccc1)C(=O)N1C(=O)OC[C@@H]1Cc1ccccc1. The molecule has 1 aliphatic heterocycles. The molecule has 0 unspecified atom stereocenters. The minimum absolute atomic E-state index is 0.122. The number of imide groups is 1. The first-order chi connectivity index (χ1) is 16.4. The van der Waals surface area contributed by atoms with E-state index in [0.29, 0.717) is 12.8 Å². The van der Waals surface area contributed by atoms with Crippen LogP contribution in [0.3, 0.4) is 0 Å². The molecular weight excluding hydrogens is 430 g/mol. The molecule has 3 rings (SSSR count). The van der Waals surface area contributed by atoms with E-state index in [2.05, 4.69) is 6.08 Å². The zero-order valence-electron chi connectivity index (χ0n) is 20.2. The number of hydrogen-bond acceptors (Lipinski definition) is 5. The van der Waals surface area contributed by atoms with E-state index in [-0.39, 0.29) is 19.1 Å². The molecular formula is C28H35NO5. The number of amides is 2. The van der Waals surface area contributed by atoms with E-state index in [4.69, 9.17) is 9.47 Å². The van der Waals surface area contributed by atoms with Gasteiger partial charge in [0, 0.05) is 0 Å². The second-order valence-corrected chi connectivity index (χ2v) is 9.17. The normalized spacial score (nSPS) is 18.2. The van der Waals surface area contributed by atoms with Crippen molar-refractivity contribution in [2.45, 2.75) is 64.9 Å². The Morgan fingerprint density at radius 3 is 2.35 bits per heavy atom. The molecule has 0 saturated carbocycles. The standard InChI is InChI=1S/C28H35NO5/c1-20(2)11-10-12-21(3)25(30)26(33-18-23-15-8-5-9-16-23)27(31)29-24(19-34-28(29)32)17-22-13-6-4-7-14-22/h4-9,11,13-16,21,24-26,30H,10,12,17-19H2,1-3H3/t21-,24+,25-,26+/m1/s1. The fraction of sp³-hybridized carbons (Fsp3) is 0.429. The van der Waals surface area contributed by atoms with Gasteiger partial charge in [0.2, 0.25) is 0 Å². The molecule has 1 fully saturated rings. The maximum absolute atomic E-state index is 13.6. The van der Waals surface area contributed by atoms with E-state index in [1.807, 2.05) is 81.4 Å². The van der Waals surface area contributed by atoms with Crippen LogP contribution in [0.2, 0.25) is 0 Å². The Morgan fingerprint density at radius 1 is 1.12 bits per heavy atom. The van der Waals surface area contributed by atoms with Gasteiger partial charge in [0.25, 0.3) is 5.91 Å². The molecule has 2 amide bonds. The lowest BCUT2D eigenvalue weighted by molar-refractivity contribution is -0.154. The fourth-order valence-corrected chi connectivity index (χ4v) is 4.08. The predicted molar refractivity (Wildman–Crippen MR) is 131 cm³/mol. The Balaban J connectivity index is 1.78. The summed E-state index contributed by atoms with van der Waals surface area (Å²) in [6.07, 6.45) is 1.15. The highest BCUT2D eigenvalue weighted by molar-refractivity contribution is 5.96. The lowest BCUT2D eigenvalue weighted by Crippen LogP contribution is -2.51. The minimum atomic E-state index is -1.18. The smallest absolute Gasteiger partial charge is 0.417 e. The van der Waals surface area contributed by atoms with Gasteiger partial charge in [0.05, 0.1) is 18.8 Å². The number of cyclic esters (lactones) is 1. The first kappa shape index (κ1) is 25.7. The highest BCUT2D eigenvalue weighted by Gasteiger charge is 2.44. The lowest BCUT2D eigenvalue weighted by Gasteiger charge is -2.30. The summed E-state index contributed by atoms with van der Waals surface area (Å²) < 4.78 is 11.2. The molecule has 1 aliphatic rings. The molecule has 1 N–H and O–H groups in total. The maximum Gasteiger partial charge on any atom is 0.417 e. The number of aliphatic hydroxyl groups is 1. The molecule has 0 aromatic heterocycles. The van der Waals surface area contributed by atoms with Crippen molar-refractivity contribution in [3.8, 4) is 0 Å². The molecule has 182 valence electrons. The van der Waals surface area contributed by atoms with Crippen molar-refractivity contribution in [1.29, 1.82) is 0 Å². The summed E-state index contributed by atoms with van der Waals surface area (Å²) in [5.41, 5.74) is 3.09. The minimum Gasteiger partial charge on any atom is -0.447 e. The van der Waals surface area contributed by atoms with E-state index in [9.17, 15) is 14.7 Å². The van der Waals surface area contributed by atoms with Crippen molar-refractivity contribution in [2.75, 3.05) is 6.61 Å². The number of nitrogens with zero attached hydrogens (tertiary/aromatic N) is 1. The van der Waals surface area contributed by atoms with Crippen LogP contribution in [0.4, 0.5) is 4.79 Å². The Hall–Kier alpha value is -2.96. The van der Waals surface area contributed by atoms with Gasteiger partial charge in [-0.05, 0) is 50.2 Å². The van der Waals surface area contributed by atoms with Crippen molar-refractivity contribution < 1.29 is 24.2 Å². The molecule has 2 aromatic carbocycles. The topological polar surface area (TPSA) is 76.1 Å². The summed E-state index contributed by atoms with van der Waals surface area (Å²) in [6.45, 7) is 6.24. The Bertz CT molecular complexity index is 955. The monoisotopic (exact) mass is 465 g/mol.